The van der Waals surface area contributed by atoms with Crippen molar-refractivity contribution in [3.05, 3.63) is 58.4 Å². The zero-order chi connectivity index (χ0) is 21.3. The van der Waals surface area contributed by atoms with E-state index in [1.807, 2.05) is 26.8 Å². The normalized spacial score (nSPS) is 11.4. The van der Waals surface area contributed by atoms with Crippen LogP contribution in [0, 0.1) is 6.92 Å². The lowest BCUT2D eigenvalue weighted by Crippen LogP contribution is -2.16. The summed E-state index contributed by atoms with van der Waals surface area (Å²) in [6.45, 7) is 7.82. The summed E-state index contributed by atoms with van der Waals surface area (Å²) in [6.07, 6.45) is 0. The molecule has 2 N–H and O–H groups in total. The molecular weight excluding hydrogens is 392 g/mol. The number of ether oxygens (including phenoxy) is 1. The molecule has 2 aromatic carbocycles. The largest absolute Gasteiger partial charge is 0.508 e. The summed E-state index contributed by atoms with van der Waals surface area (Å²) in [5, 5.41) is 21.4. The lowest BCUT2D eigenvalue weighted by Gasteiger charge is -2.20. The van der Waals surface area contributed by atoms with Gasteiger partial charge in [0.15, 0.2) is 5.69 Å². The first kappa shape index (κ1) is 20.7. The Morgan fingerprint density at radius 3 is 2.59 bits per heavy atom. The van der Waals surface area contributed by atoms with Gasteiger partial charge in [-0.2, -0.15) is 0 Å². The van der Waals surface area contributed by atoms with Crippen LogP contribution in [0.15, 0.2) is 36.4 Å². The number of phenols is 1. The van der Waals surface area contributed by atoms with Gasteiger partial charge >= 0.3 is 0 Å². The highest BCUT2D eigenvalue weighted by Crippen LogP contribution is 2.30. The van der Waals surface area contributed by atoms with Crippen LogP contribution in [-0.4, -0.2) is 33.1 Å². The Morgan fingerprint density at radius 1 is 1.21 bits per heavy atom. The Balaban J connectivity index is 1.93. The Labute approximate surface area is 174 Å². The van der Waals surface area contributed by atoms with E-state index < -0.39 is 5.91 Å². The van der Waals surface area contributed by atoms with Crippen molar-refractivity contribution in [3.63, 3.8) is 0 Å². The van der Waals surface area contributed by atoms with Gasteiger partial charge in [0.2, 0.25) is 0 Å². The van der Waals surface area contributed by atoms with Gasteiger partial charge in [0.25, 0.3) is 5.91 Å². The van der Waals surface area contributed by atoms with Gasteiger partial charge in [-0.05, 0) is 48.2 Å². The number of hydrogen-bond acceptors (Lipinski definition) is 5. The van der Waals surface area contributed by atoms with Crippen molar-refractivity contribution in [2.75, 3.05) is 12.4 Å². The average Bonchev–Trinajstić information content (AvgIpc) is 3.02. The molecule has 3 aromatic rings. The number of amides is 1. The lowest BCUT2D eigenvalue weighted by atomic mass is 9.86. The Kier molecular flexibility index (Phi) is 5.53. The molecule has 1 amide bonds. The SMILES string of the molecule is COc1ccc(Cl)cc1-n1nnc(C(=O)Nc2cc(O)cc(C(C)(C)C)c2)c1C. The van der Waals surface area contributed by atoms with Crippen molar-refractivity contribution < 1.29 is 14.6 Å². The second kappa shape index (κ2) is 7.75. The molecule has 7 nitrogen and oxygen atoms in total. The number of rotatable bonds is 4. The molecule has 0 unspecified atom stereocenters. The number of aromatic hydroxyl groups is 1. The van der Waals surface area contributed by atoms with E-state index in [0.717, 1.165) is 5.56 Å². The second-order valence-corrected chi connectivity index (χ2v) is 8.16. The molecule has 0 radical (unpaired) electrons. The van der Waals surface area contributed by atoms with Crippen LogP contribution in [0.5, 0.6) is 11.5 Å². The van der Waals surface area contributed by atoms with Gasteiger partial charge in [0.05, 0.1) is 12.8 Å². The number of carbonyl (C=O) groups is 1. The molecule has 1 aromatic heterocycles. The number of nitrogens with one attached hydrogen (secondary N) is 1. The minimum absolute atomic E-state index is 0.0803. The predicted molar refractivity (Wildman–Crippen MR) is 112 cm³/mol. The van der Waals surface area contributed by atoms with Crippen molar-refractivity contribution in [2.45, 2.75) is 33.1 Å². The van der Waals surface area contributed by atoms with E-state index in [4.69, 9.17) is 16.3 Å². The maximum Gasteiger partial charge on any atom is 0.278 e. The van der Waals surface area contributed by atoms with Crippen LogP contribution in [-0.2, 0) is 5.41 Å². The van der Waals surface area contributed by atoms with Crippen LogP contribution in [0.3, 0.4) is 0 Å². The van der Waals surface area contributed by atoms with E-state index in [1.54, 1.807) is 38.3 Å². The first-order valence-corrected chi connectivity index (χ1v) is 9.40. The van der Waals surface area contributed by atoms with Gasteiger partial charge in [-0.1, -0.05) is 37.6 Å². The first-order valence-electron chi connectivity index (χ1n) is 9.02. The highest BCUT2D eigenvalue weighted by Gasteiger charge is 2.21. The fraction of sp³-hybridized carbons (Fsp3) is 0.286. The zero-order valence-electron chi connectivity index (χ0n) is 16.9. The van der Waals surface area contributed by atoms with Gasteiger partial charge in [0, 0.05) is 16.8 Å². The van der Waals surface area contributed by atoms with Crippen molar-refractivity contribution in [3.8, 4) is 17.2 Å². The van der Waals surface area contributed by atoms with E-state index in [1.165, 1.54) is 10.7 Å². The summed E-state index contributed by atoms with van der Waals surface area (Å²) in [6, 6.07) is 10.1. The molecule has 0 aliphatic rings. The van der Waals surface area contributed by atoms with Gasteiger partial charge in [-0.25, -0.2) is 4.68 Å². The summed E-state index contributed by atoms with van der Waals surface area (Å²) >= 11 is 6.10. The summed E-state index contributed by atoms with van der Waals surface area (Å²) in [4.78, 5) is 12.8. The minimum Gasteiger partial charge on any atom is -0.508 e. The molecule has 0 fully saturated rings. The number of benzene rings is 2. The number of aromatic nitrogens is 3. The maximum atomic E-state index is 12.8. The van der Waals surface area contributed by atoms with Crippen LogP contribution in [0.25, 0.3) is 5.69 Å². The van der Waals surface area contributed by atoms with Crippen molar-refractivity contribution in [1.82, 2.24) is 15.0 Å². The molecule has 29 heavy (non-hydrogen) atoms. The topological polar surface area (TPSA) is 89.3 Å². The van der Waals surface area contributed by atoms with Crippen LogP contribution < -0.4 is 10.1 Å². The zero-order valence-corrected chi connectivity index (χ0v) is 17.7. The number of carbonyl (C=O) groups excluding carboxylic acids is 1. The summed E-state index contributed by atoms with van der Waals surface area (Å²) in [5.41, 5.74) is 2.47. The fourth-order valence-electron chi connectivity index (χ4n) is 2.90. The number of halogens is 1. The van der Waals surface area contributed by atoms with Gasteiger partial charge in [-0.3, -0.25) is 4.79 Å². The van der Waals surface area contributed by atoms with Crippen molar-refractivity contribution in [2.24, 2.45) is 0 Å². The average molecular weight is 415 g/mol. The maximum absolute atomic E-state index is 12.8. The number of phenolic OH excluding ortho intramolecular Hbond substituents is 1. The first-order chi connectivity index (χ1) is 13.6. The molecule has 0 saturated heterocycles. The lowest BCUT2D eigenvalue weighted by molar-refractivity contribution is 0.102. The molecule has 1 heterocycles. The van der Waals surface area contributed by atoms with E-state index in [-0.39, 0.29) is 16.9 Å². The Bertz CT molecular complexity index is 1070. The van der Waals surface area contributed by atoms with Crippen molar-refractivity contribution >= 4 is 23.2 Å². The van der Waals surface area contributed by atoms with Crippen LogP contribution in [0.1, 0.15) is 42.5 Å². The molecule has 0 spiro atoms. The number of anilines is 1. The van der Waals surface area contributed by atoms with Crippen molar-refractivity contribution in [1.29, 1.82) is 0 Å². The molecule has 3 rings (SSSR count). The van der Waals surface area contributed by atoms with E-state index in [2.05, 4.69) is 15.6 Å². The van der Waals surface area contributed by atoms with Crippen LogP contribution >= 0.6 is 11.6 Å². The molecule has 0 saturated carbocycles. The van der Waals surface area contributed by atoms with E-state index in [0.29, 0.717) is 27.8 Å². The number of nitrogens with zero attached hydrogens (tertiary/aromatic N) is 3. The smallest absolute Gasteiger partial charge is 0.278 e. The standard InChI is InChI=1S/C21H23ClN4O3/c1-12-19(24-25-26(12)17-10-14(22)6-7-18(17)29-5)20(28)23-15-8-13(21(2,3)4)9-16(27)11-15/h6-11,27H,1-5H3,(H,23,28). The molecular formula is C21H23ClN4O3. The van der Waals surface area contributed by atoms with Crippen LogP contribution in [0.4, 0.5) is 5.69 Å². The van der Waals surface area contributed by atoms with E-state index in [9.17, 15) is 9.90 Å². The monoisotopic (exact) mass is 414 g/mol. The van der Waals surface area contributed by atoms with Crippen LogP contribution in [0.2, 0.25) is 5.02 Å². The molecule has 0 bridgehead atoms. The quantitative estimate of drug-likeness (QED) is 0.656. The summed E-state index contributed by atoms with van der Waals surface area (Å²) in [5.74, 6) is 0.203. The molecule has 0 aliphatic carbocycles. The summed E-state index contributed by atoms with van der Waals surface area (Å²) < 4.78 is 6.86. The molecule has 152 valence electrons. The second-order valence-electron chi connectivity index (χ2n) is 7.72. The van der Waals surface area contributed by atoms with Gasteiger partial charge in [-0.15, -0.1) is 5.10 Å². The fourth-order valence-corrected chi connectivity index (χ4v) is 3.07. The highest BCUT2D eigenvalue weighted by atomic mass is 35.5. The predicted octanol–water partition coefficient (Wildman–Crippen LogP) is 4.49. The third kappa shape index (κ3) is 4.35. The minimum atomic E-state index is -0.430. The Hall–Kier alpha value is -3.06. The molecule has 8 heteroatoms. The Morgan fingerprint density at radius 2 is 1.93 bits per heavy atom. The third-order valence-electron chi connectivity index (χ3n) is 4.52. The molecule has 0 atom stereocenters. The van der Waals surface area contributed by atoms with E-state index >= 15 is 0 Å². The molecule has 0 aliphatic heterocycles. The number of hydrogen-bond donors (Lipinski definition) is 2. The van der Waals surface area contributed by atoms with Gasteiger partial charge < -0.3 is 15.2 Å². The number of methoxy groups -OCH3 is 1. The highest BCUT2D eigenvalue weighted by molar-refractivity contribution is 6.30. The van der Waals surface area contributed by atoms with Gasteiger partial charge in [0.1, 0.15) is 17.2 Å². The third-order valence-corrected chi connectivity index (χ3v) is 4.76. The summed E-state index contributed by atoms with van der Waals surface area (Å²) in [7, 11) is 1.54.